The second-order valence-corrected chi connectivity index (χ2v) is 5.26. The van der Waals surface area contributed by atoms with Crippen LogP contribution < -0.4 is 0 Å². The van der Waals surface area contributed by atoms with Crippen molar-refractivity contribution in [2.45, 2.75) is 25.5 Å². The molecule has 0 heterocycles. The van der Waals surface area contributed by atoms with Crippen LogP contribution in [0.15, 0.2) is 0 Å². The highest BCUT2D eigenvalue weighted by molar-refractivity contribution is 8.50. The quantitative estimate of drug-likeness (QED) is 0.550. The Labute approximate surface area is 61.2 Å². The zero-order valence-corrected chi connectivity index (χ0v) is 7.53. The van der Waals surface area contributed by atoms with Gasteiger partial charge in [0.15, 0.2) is 0 Å². The predicted molar refractivity (Wildman–Crippen MR) is 46.6 cm³/mol. The third kappa shape index (κ3) is 6.76. The SMILES string of the molecule is CS[B]SC(C)(C)C. The Balaban J connectivity index is 3.11. The Morgan fingerprint density at radius 2 is 1.75 bits per heavy atom. The lowest BCUT2D eigenvalue weighted by atomic mass is 10.3. The summed E-state index contributed by atoms with van der Waals surface area (Å²) in [6.07, 6.45) is 2.08. The molecule has 0 fully saturated rings. The van der Waals surface area contributed by atoms with Gasteiger partial charge in [-0.2, -0.15) is 11.6 Å². The molecule has 0 aliphatic rings. The number of hydrogen-bond donors (Lipinski definition) is 0. The molecule has 0 aromatic rings. The van der Waals surface area contributed by atoms with Crippen molar-refractivity contribution in [3.63, 3.8) is 0 Å². The maximum atomic E-state index is 2.21. The highest BCUT2D eigenvalue weighted by Gasteiger charge is 2.08. The van der Waals surface area contributed by atoms with E-state index in [1.165, 1.54) is 0 Å². The fraction of sp³-hybridized carbons (Fsp3) is 1.00. The first-order chi connectivity index (χ1) is 3.56. The number of rotatable bonds is 2. The maximum absolute atomic E-state index is 2.21. The van der Waals surface area contributed by atoms with Gasteiger partial charge in [0.05, 0.1) is 0 Å². The largest absolute Gasteiger partial charge is 0.267 e. The van der Waals surface area contributed by atoms with Gasteiger partial charge in [-0.1, -0.05) is 20.8 Å². The van der Waals surface area contributed by atoms with Gasteiger partial charge in [-0.15, -0.1) is 0 Å². The maximum Gasteiger partial charge on any atom is 0.267 e. The van der Waals surface area contributed by atoms with Crippen LogP contribution in [-0.4, -0.2) is 16.8 Å². The minimum absolute atomic E-state index is 0.392. The van der Waals surface area contributed by atoms with Crippen molar-refractivity contribution in [2.24, 2.45) is 0 Å². The Bertz CT molecular complexity index is 57.9. The monoisotopic (exact) mass is 147 g/mol. The van der Waals surface area contributed by atoms with Crippen LogP contribution in [0.2, 0.25) is 0 Å². The van der Waals surface area contributed by atoms with Crippen molar-refractivity contribution < 1.29 is 0 Å². The Morgan fingerprint density at radius 3 is 1.88 bits per heavy atom. The molecule has 0 aromatic carbocycles. The molecule has 0 saturated carbocycles. The summed E-state index contributed by atoms with van der Waals surface area (Å²) in [5.41, 5.74) is 0. The summed E-state index contributed by atoms with van der Waals surface area (Å²) in [5, 5.41) is 0. The van der Waals surface area contributed by atoms with Gasteiger partial charge >= 0.3 is 0 Å². The molecule has 0 aliphatic heterocycles. The fourth-order valence-corrected chi connectivity index (χ4v) is 1.73. The minimum Gasteiger partial charge on any atom is -0.205 e. The van der Waals surface area contributed by atoms with E-state index in [1.54, 1.807) is 11.6 Å². The van der Waals surface area contributed by atoms with Crippen molar-refractivity contribution >= 4 is 29.1 Å². The van der Waals surface area contributed by atoms with Crippen LogP contribution in [0.5, 0.6) is 0 Å². The van der Waals surface area contributed by atoms with E-state index in [-0.39, 0.29) is 0 Å². The van der Waals surface area contributed by atoms with Gasteiger partial charge in [0, 0.05) is 0 Å². The Kier molecular flexibility index (Phi) is 4.08. The van der Waals surface area contributed by atoms with E-state index in [9.17, 15) is 0 Å². The van der Waals surface area contributed by atoms with Gasteiger partial charge in [0.2, 0.25) is 0 Å². The first-order valence-corrected chi connectivity index (χ1v) is 4.75. The molecule has 0 bridgehead atoms. The topological polar surface area (TPSA) is 0 Å². The molecule has 0 nitrogen and oxygen atoms in total. The van der Waals surface area contributed by atoms with E-state index in [0.717, 1.165) is 0 Å². The normalized spacial score (nSPS) is 11.5. The smallest absolute Gasteiger partial charge is 0.205 e. The molecule has 0 amide bonds. The molecular formula is C5H12BS2. The van der Waals surface area contributed by atoms with Crippen LogP contribution in [0.25, 0.3) is 0 Å². The second kappa shape index (κ2) is 3.73. The molecule has 0 atom stereocenters. The third-order valence-corrected chi connectivity index (χ3v) is 2.36. The molecule has 0 rings (SSSR count). The van der Waals surface area contributed by atoms with E-state index < -0.39 is 0 Å². The highest BCUT2D eigenvalue weighted by atomic mass is 32.2. The average Bonchev–Trinajstić information content (AvgIpc) is 1.59. The van der Waals surface area contributed by atoms with Crippen LogP contribution in [0.3, 0.4) is 0 Å². The van der Waals surface area contributed by atoms with E-state index in [0.29, 0.717) is 4.75 Å². The Morgan fingerprint density at radius 1 is 1.25 bits per heavy atom. The van der Waals surface area contributed by atoms with Crippen LogP contribution in [0, 0.1) is 0 Å². The van der Waals surface area contributed by atoms with E-state index in [2.05, 4.69) is 32.9 Å². The summed E-state index contributed by atoms with van der Waals surface area (Å²) < 4.78 is 0.392. The summed E-state index contributed by atoms with van der Waals surface area (Å²) in [5.74, 6) is 2.17. The van der Waals surface area contributed by atoms with Crippen molar-refractivity contribution in [3.05, 3.63) is 0 Å². The number of hydrogen-bond acceptors (Lipinski definition) is 2. The lowest BCUT2D eigenvalue weighted by Crippen LogP contribution is -2.08. The predicted octanol–water partition coefficient (Wildman–Crippen LogP) is 2.42. The summed E-state index contributed by atoms with van der Waals surface area (Å²) in [4.78, 5) is 0. The molecule has 0 unspecified atom stereocenters. The molecule has 0 saturated heterocycles. The van der Waals surface area contributed by atoms with Crippen molar-refractivity contribution in [3.8, 4) is 0 Å². The molecule has 0 N–H and O–H groups in total. The third-order valence-electron chi connectivity index (χ3n) is 0.498. The second-order valence-electron chi connectivity index (χ2n) is 2.56. The van der Waals surface area contributed by atoms with Crippen molar-refractivity contribution in [1.29, 1.82) is 0 Å². The molecule has 0 spiro atoms. The van der Waals surface area contributed by atoms with Gasteiger partial charge in [-0.25, -0.2) is 11.6 Å². The molecular weight excluding hydrogens is 135 g/mol. The molecule has 8 heavy (non-hydrogen) atoms. The first-order valence-electron chi connectivity index (χ1n) is 2.58. The molecule has 0 aliphatic carbocycles. The standard InChI is InChI=1S/C5H12BS2/c1-5(2,3)8-6-7-4/h1-4H3. The van der Waals surface area contributed by atoms with E-state index >= 15 is 0 Å². The van der Waals surface area contributed by atoms with Crippen LogP contribution in [0.4, 0.5) is 0 Å². The summed E-state index contributed by atoms with van der Waals surface area (Å²) >= 11 is 3.64. The molecule has 3 heteroatoms. The zero-order valence-electron chi connectivity index (χ0n) is 5.89. The molecule has 1 radical (unpaired) electrons. The van der Waals surface area contributed by atoms with Gasteiger partial charge < -0.3 is 0 Å². The van der Waals surface area contributed by atoms with Crippen molar-refractivity contribution in [2.75, 3.05) is 6.26 Å². The summed E-state index contributed by atoms with van der Waals surface area (Å²) in [6.45, 7) is 6.64. The van der Waals surface area contributed by atoms with Crippen LogP contribution in [-0.2, 0) is 0 Å². The van der Waals surface area contributed by atoms with Gasteiger partial charge in [0.1, 0.15) is 0 Å². The fourth-order valence-electron chi connectivity index (χ4n) is 0.192. The summed E-state index contributed by atoms with van der Waals surface area (Å²) in [6, 6.07) is 0. The minimum atomic E-state index is 0.392. The zero-order chi connectivity index (χ0) is 6.62. The lowest BCUT2D eigenvalue weighted by Gasteiger charge is -2.15. The van der Waals surface area contributed by atoms with Gasteiger partial charge in [-0.05, 0) is 11.0 Å². The Hall–Kier alpha value is 0.765. The van der Waals surface area contributed by atoms with Crippen LogP contribution >= 0.6 is 23.2 Å². The van der Waals surface area contributed by atoms with E-state index in [4.69, 9.17) is 0 Å². The molecule has 47 valence electrons. The molecule has 0 aromatic heterocycles. The first kappa shape index (κ1) is 8.76. The summed E-state index contributed by atoms with van der Waals surface area (Å²) in [7, 11) is 0. The van der Waals surface area contributed by atoms with Gasteiger partial charge in [0.25, 0.3) is 5.84 Å². The van der Waals surface area contributed by atoms with E-state index in [1.807, 2.05) is 11.6 Å². The van der Waals surface area contributed by atoms with Crippen molar-refractivity contribution in [1.82, 2.24) is 0 Å². The average molecular weight is 147 g/mol. The van der Waals surface area contributed by atoms with Crippen LogP contribution in [0.1, 0.15) is 20.8 Å². The highest BCUT2D eigenvalue weighted by Crippen LogP contribution is 2.23. The van der Waals surface area contributed by atoms with Gasteiger partial charge in [-0.3, -0.25) is 0 Å². The lowest BCUT2D eigenvalue weighted by molar-refractivity contribution is 0.810.